The second-order valence-corrected chi connectivity index (χ2v) is 6.97. The number of rotatable bonds is 0. The predicted octanol–water partition coefficient (Wildman–Crippen LogP) is 3.46. The lowest BCUT2D eigenvalue weighted by molar-refractivity contribution is -0.143. The van der Waals surface area contributed by atoms with Gasteiger partial charge in [-0.2, -0.15) is 0 Å². The highest BCUT2D eigenvalue weighted by Crippen LogP contribution is 2.22. The van der Waals surface area contributed by atoms with Crippen molar-refractivity contribution in [1.29, 1.82) is 0 Å². The average Bonchev–Trinajstić information content (AvgIpc) is 2.54. The monoisotopic (exact) mass is 334 g/mol. The van der Waals surface area contributed by atoms with Crippen LogP contribution >= 0.6 is 0 Å². The minimum Gasteiger partial charge on any atom is -0.459 e. The first-order valence-corrected chi connectivity index (χ1v) is 8.68. The van der Waals surface area contributed by atoms with Crippen LogP contribution in [0.25, 0.3) is 0 Å². The SMILES string of the molecule is CC1C[C@H](C)[C@H](O)[C@@H](C)C=CC(=O)O[C@H](C)[C@@H](C)C=CC=CC1=O. The first-order chi connectivity index (χ1) is 11.2. The van der Waals surface area contributed by atoms with Gasteiger partial charge >= 0.3 is 5.97 Å². The summed E-state index contributed by atoms with van der Waals surface area (Å²) in [5, 5.41) is 10.4. The van der Waals surface area contributed by atoms with Crippen LogP contribution in [0.4, 0.5) is 0 Å². The van der Waals surface area contributed by atoms with Crippen LogP contribution in [0.1, 0.15) is 41.0 Å². The van der Waals surface area contributed by atoms with Crippen molar-refractivity contribution in [1.82, 2.24) is 0 Å². The number of carbonyl (C=O) groups excluding carboxylic acids is 2. The maximum atomic E-state index is 12.1. The molecule has 0 saturated heterocycles. The zero-order chi connectivity index (χ0) is 18.3. The van der Waals surface area contributed by atoms with Gasteiger partial charge in [-0.15, -0.1) is 0 Å². The maximum Gasteiger partial charge on any atom is 0.330 e. The fourth-order valence-corrected chi connectivity index (χ4v) is 2.72. The van der Waals surface area contributed by atoms with Gasteiger partial charge in [0.15, 0.2) is 5.78 Å². The molecule has 4 nitrogen and oxygen atoms in total. The van der Waals surface area contributed by atoms with E-state index in [1.54, 1.807) is 18.2 Å². The summed E-state index contributed by atoms with van der Waals surface area (Å²) >= 11 is 0. The van der Waals surface area contributed by atoms with Crippen LogP contribution in [0.3, 0.4) is 0 Å². The molecule has 0 aromatic carbocycles. The lowest BCUT2D eigenvalue weighted by atomic mass is 9.85. The Bertz CT molecular complexity index is 518. The Hall–Kier alpha value is -1.68. The molecule has 1 N–H and O–H groups in total. The third-order valence-electron chi connectivity index (χ3n) is 4.70. The zero-order valence-electron chi connectivity index (χ0n) is 15.3. The first-order valence-electron chi connectivity index (χ1n) is 8.68. The van der Waals surface area contributed by atoms with E-state index in [-0.39, 0.29) is 35.6 Å². The molecule has 4 heteroatoms. The summed E-state index contributed by atoms with van der Waals surface area (Å²) in [5.74, 6) is -0.691. The van der Waals surface area contributed by atoms with Crippen molar-refractivity contribution in [2.45, 2.75) is 53.2 Å². The molecule has 0 radical (unpaired) electrons. The van der Waals surface area contributed by atoms with Gasteiger partial charge in [-0.3, -0.25) is 4.79 Å². The van der Waals surface area contributed by atoms with E-state index < -0.39 is 12.1 Å². The van der Waals surface area contributed by atoms with Gasteiger partial charge in [-0.25, -0.2) is 4.79 Å². The average molecular weight is 334 g/mol. The number of hydrogen-bond acceptors (Lipinski definition) is 4. The fourth-order valence-electron chi connectivity index (χ4n) is 2.72. The van der Waals surface area contributed by atoms with Crippen molar-refractivity contribution in [3.63, 3.8) is 0 Å². The molecule has 134 valence electrons. The Labute approximate surface area is 145 Å². The minimum absolute atomic E-state index is 0.0375. The van der Waals surface area contributed by atoms with E-state index >= 15 is 0 Å². The molecule has 1 rings (SSSR count). The maximum absolute atomic E-state index is 12.1. The largest absolute Gasteiger partial charge is 0.459 e. The molecule has 0 fully saturated rings. The van der Waals surface area contributed by atoms with Gasteiger partial charge in [0.1, 0.15) is 6.10 Å². The van der Waals surface area contributed by atoms with Gasteiger partial charge in [-0.05, 0) is 25.3 Å². The van der Waals surface area contributed by atoms with E-state index in [2.05, 4.69) is 0 Å². The normalized spacial score (nSPS) is 36.6. The summed E-state index contributed by atoms with van der Waals surface area (Å²) in [6.45, 7) is 9.45. The third kappa shape index (κ3) is 6.44. The van der Waals surface area contributed by atoms with Gasteiger partial charge in [0.05, 0.1) is 6.10 Å². The molecular formula is C20H30O4. The summed E-state index contributed by atoms with van der Waals surface area (Å²) in [6.07, 6.45) is 9.79. The van der Waals surface area contributed by atoms with Crippen LogP contribution < -0.4 is 0 Å². The van der Waals surface area contributed by atoms with Crippen LogP contribution in [0.5, 0.6) is 0 Å². The number of allylic oxidation sites excluding steroid dienone is 3. The molecule has 0 amide bonds. The zero-order valence-corrected chi connectivity index (χ0v) is 15.3. The highest BCUT2D eigenvalue weighted by Gasteiger charge is 2.23. The van der Waals surface area contributed by atoms with Gasteiger partial charge in [-0.1, -0.05) is 52.0 Å². The van der Waals surface area contributed by atoms with Crippen molar-refractivity contribution in [2.24, 2.45) is 23.7 Å². The standard InChI is InChI=1S/C20H30O4/c1-13-8-6-7-9-18(21)15(3)12-16(4)20(23)14(2)10-11-19(22)24-17(13)5/h6-11,13-17,20,23H,12H2,1-5H3/t13-,14-,15?,16-,17+,20+/m0/s1. The molecule has 24 heavy (non-hydrogen) atoms. The first kappa shape index (κ1) is 20.4. The molecule has 1 heterocycles. The summed E-state index contributed by atoms with van der Waals surface area (Å²) in [4.78, 5) is 24.0. The number of cyclic esters (lactones) is 1. The number of aliphatic hydroxyl groups excluding tert-OH is 1. The van der Waals surface area contributed by atoms with E-state index in [0.717, 1.165) is 0 Å². The number of aliphatic hydroxyl groups is 1. The molecule has 1 unspecified atom stereocenters. The van der Waals surface area contributed by atoms with E-state index in [0.29, 0.717) is 6.42 Å². The lowest BCUT2D eigenvalue weighted by Gasteiger charge is -2.24. The van der Waals surface area contributed by atoms with Crippen LogP contribution in [0.15, 0.2) is 36.5 Å². The van der Waals surface area contributed by atoms with Crippen molar-refractivity contribution in [2.75, 3.05) is 0 Å². The van der Waals surface area contributed by atoms with Crippen LogP contribution in [0.2, 0.25) is 0 Å². The Morgan fingerprint density at radius 3 is 2.29 bits per heavy atom. The molecule has 1 aliphatic heterocycles. The Kier molecular flexibility index (Phi) is 8.13. The van der Waals surface area contributed by atoms with Crippen molar-refractivity contribution in [3.8, 4) is 0 Å². The Morgan fingerprint density at radius 1 is 0.958 bits per heavy atom. The van der Waals surface area contributed by atoms with E-state index in [4.69, 9.17) is 4.74 Å². The van der Waals surface area contributed by atoms with Crippen LogP contribution in [-0.2, 0) is 14.3 Å². The van der Waals surface area contributed by atoms with Gasteiger partial charge in [0.2, 0.25) is 0 Å². The quantitative estimate of drug-likeness (QED) is 0.689. The summed E-state index contributed by atoms with van der Waals surface area (Å²) in [5.41, 5.74) is 0. The van der Waals surface area contributed by atoms with E-state index in [9.17, 15) is 14.7 Å². The topological polar surface area (TPSA) is 63.6 Å². The Morgan fingerprint density at radius 2 is 1.62 bits per heavy atom. The smallest absolute Gasteiger partial charge is 0.330 e. The molecule has 0 saturated carbocycles. The van der Waals surface area contributed by atoms with E-state index in [1.165, 1.54) is 6.08 Å². The van der Waals surface area contributed by atoms with Crippen molar-refractivity contribution >= 4 is 11.8 Å². The van der Waals surface area contributed by atoms with Crippen molar-refractivity contribution < 1.29 is 19.4 Å². The van der Waals surface area contributed by atoms with Crippen molar-refractivity contribution in [3.05, 3.63) is 36.5 Å². The highest BCUT2D eigenvalue weighted by molar-refractivity contribution is 5.91. The number of ether oxygens (including phenoxy) is 1. The summed E-state index contributed by atoms with van der Waals surface area (Å²) in [6, 6.07) is 0. The highest BCUT2D eigenvalue weighted by atomic mass is 16.5. The van der Waals surface area contributed by atoms with Gasteiger partial charge in [0.25, 0.3) is 0 Å². The molecule has 0 bridgehead atoms. The van der Waals surface area contributed by atoms with E-state index in [1.807, 2.05) is 46.8 Å². The number of carbonyl (C=O) groups is 2. The number of hydrogen-bond donors (Lipinski definition) is 1. The van der Waals surface area contributed by atoms with Gasteiger partial charge < -0.3 is 9.84 Å². The molecule has 0 aromatic rings. The molecule has 0 spiro atoms. The number of ketones is 1. The third-order valence-corrected chi connectivity index (χ3v) is 4.70. The van der Waals surface area contributed by atoms with Crippen LogP contribution in [0, 0.1) is 23.7 Å². The Balaban J connectivity index is 2.99. The predicted molar refractivity (Wildman–Crippen MR) is 95.3 cm³/mol. The molecular weight excluding hydrogens is 304 g/mol. The molecule has 0 aromatic heterocycles. The second kappa shape index (κ2) is 9.58. The lowest BCUT2D eigenvalue weighted by Crippen LogP contribution is -2.27. The minimum atomic E-state index is -0.613. The second-order valence-electron chi connectivity index (χ2n) is 6.97. The molecule has 1 aliphatic rings. The molecule has 0 aliphatic carbocycles. The molecule has 6 atom stereocenters. The van der Waals surface area contributed by atoms with Gasteiger partial charge in [0, 0.05) is 23.8 Å². The fraction of sp³-hybridized carbons (Fsp3) is 0.600. The van der Waals surface area contributed by atoms with Crippen LogP contribution in [-0.4, -0.2) is 29.1 Å². The summed E-state index contributed by atoms with van der Waals surface area (Å²) in [7, 11) is 0. The number of esters is 1. The summed E-state index contributed by atoms with van der Waals surface area (Å²) < 4.78 is 5.36.